The fraction of sp³-hybridized carbons (Fsp3) is 0.875. The van der Waals surface area contributed by atoms with Crippen molar-refractivity contribution < 1.29 is 14.6 Å². The number of likely N-dealkylation sites (tertiary alicyclic amines) is 1. The molecule has 1 amide bonds. The highest BCUT2D eigenvalue weighted by atomic mass is 16.6. The van der Waals surface area contributed by atoms with Gasteiger partial charge in [-0.2, -0.15) is 0 Å². The van der Waals surface area contributed by atoms with Gasteiger partial charge in [-0.05, 0) is 12.8 Å². The Labute approximate surface area is 72.1 Å². The first-order chi connectivity index (χ1) is 5.74. The Balaban J connectivity index is 2.27. The molecular weight excluding hydrogens is 158 g/mol. The van der Waals surface area contributed by atoms with Crippen LogP contribution < -0.4 is 0 Å². The van der Waals surface area contributed by atoms with E-state index in [0.717, 1.165) is 25.9 Å². The lowest BCUT2D eigenvalue weighted by molar-refractivity contribution is -0.0636. The van der Waals surface area contributed by atoms with E-state index in [9.17, 15) is 4.79 Å². The van der Waals surface area contributed by atoms with Gasteiger partial charge in [0.15, 0.2) is 0 Å². The Morgan fingerprint density at radius 3 is 2.67 bits per heavy atom. The zero-order valence-electron chi connectivity index (χ0n) is 7.32. The second-order valence-corrected chi connectivity index (χ2v) is 2.94. The first kappa shape index (κ1) is 9.32. The molecule has 1 fully saturated rings. The van der Waals surface area contributed by atoms with Gasteiger partial charge in [0, 0.05) is 19.5 Å². The third-order valence-electron chi connectivity index (χ3n) is 1.95. The van der Waals surface area contributed by atoms with Crippen molar-refractivity contribution in [3.8, 4) is 0 Å². The summed E-state index contributed by atoms with van der Waals surface area (Å²) in [5, 5.41) is 9.02. The van der Waals surface area contributed by atoms with Gasteiger partial charge >= 0.3 is 6.09 Å². The number of hydrogen-bond donors (Lipinski definition) is 1. The van der Waals surface area contributed by atoms with E-state index in [1.54, 1.807) is 11.8 Å². The highest BCUT2D eigenvalue weighted by molar-refractivity contribution is 5.67. The van der Waals surface area contributed by atoms with Crippen molar-refractivity contribution in [1.29, 1.82) is 0 Å². The molecule has 1 aliphatic rings. The predicted octanol–water partition coefficient (Wildman–Crippen LogP) is 0.947. The second-order valence-electron chi connectivity index (χ2n) is 2.94. The maximum absolute atomic E-state index is 11.2. The Bertz CT molecular complexity index is 154. The minimum absolute atomic E-state index is 0.387. The number of ether oxygens (including phenoxy) is 1. The van der Waals surface area contributed by atoms with E-state index >= 15 is 0 Å². The number of carbonyl (C=O) groups excluding carboxylic acids is 1. The van der Waals surface area contributed by atoms with Crippen molar-refractivity contribution in [2.45, 2.75) is 32.5 Å². The van der Waals surface area contributed by atoms with E-state index in [4.69, 9.17) is 9.84 Å². The smallest absolute Gasteiger partial charge is 0.412 e. The number of nitrogens with zero attached hydrogens (tertiary/aromatic N) is 1. The SMILES string of the molecule is CC[C@@H](O)OC(=O)N1CCCC1. The van der Waals surface area contributed by atoms with Crippen LogP contribution in [0.3, 0.4) is 0 Å². The maximum Gasteiger partial charge on any atom is 0.412 e. The third kappa shape index (κ3) is 2.37. The molecule has 4 nitrogen and oxygen atoms in total. The van der Waals surface area contributed by atoms with Gasteiger partial charge in [-0.3, -0.25) is 0 Å². The molecule has 1 atom stereocenters. The zero-order valence-corrected chi connectivity index (χ0v) is 7.32. The predicted molar refractivity (Wildman–Crippen MR) is 43.6 cm³/mol. The molecule has 1 heterocycles. The molecule has 0 aromatic heterocycles. The van der Waals surface area contributed by atoms with Gasteiger partial charge in [-0.25, -0.2) is 4.79 Å². The van der Waals surface area contributed by atoms with Crippen LogP contribution in [0, 0.1) is 0 Å². The quantitative estimate of drug-likeness (QED) is 0.632. The molecule has 12 heavy (non-hydrogen) atoms. The van der Waals surface area contributed by atoms with E-state index in [-0.39, 0.29) is 6.09 Å². The first-order valence-corrected chi connectivity index (χ1v) is 4.37. The number of amides is 1. The maximum atomic E-state index is 11.2. The standard InChI is InChI=1S/C8H15NO3/c1-2-7(10)12-8(11)9-5-3-4-6-9/h7,10H,2-6H2,1H3/t7-/m0/s1. The summed E-state index contributed by atoms with van der Waals surface area (Å²) in [6.45, 7) is 3.28. The Hall–Kier alpha value is -0.770. The van der Waals surface area contributed by atoms with E-state index in [1.165, 1.54) is 0 Å². The zero-order chi connectivity index (χ0) is 8.97. The number of aliphatic hydroxyl groups is 1. The third-order valence-corrected chi connectivity index (χ3v) is 1.95. The molecule has 1 rings (SSSR count). The van der Waals surface area contributed by atoms with Crippen LogP contribution in [0.2, 0.25) is 0 Å². The summed E-state index contributed by atoms with van der Waals surface area (Å²) in [5.74, 6) is 0. The molecule has 0 radical (unpaired) electrons. The van der Waals surface area contributed by atoms with Crippen LogP contribution in [0.4, 0.5) is 4.79 Å². The summed E-state index contributed by atoms with van der Waals surface area (Å²) in [7, 11) is 0. The number of hydrogen-bond acceptors (Lipinski definition) is 3. The van der Waals surface area contributed by atoms with E-state index in [0.29, 0.717) is 6.42 Å². The van der Waals surface area contributed by atoms with Crippen molar-refractivity contribution >= 4 is 6.09 Å². The van der Waals surface area contributed by atoms with Gasteiger partial charge in [0.2, 0.25) is 6.29 Å². The molecule has 4 heteroatoms. The normalized spacial score (nSPS) is 19.3. The minimum Gasteiger partial charge on any atom is -0.420 e. The van der Waals surface area contributed by atoms with Crippen LogP contribution in [0.25, 0.3) is 0 Å². The van der Waals surface area contributed by atoms with Gasteiger partial charge in [0.1, 0.15) is 0 Å². The fourth-order valence-corrected chi connectivity index (χ4v) is 1.17. The second kappa shape index (κ2) is 4.30. The van der Waals surface area contributed by atoms with Crippen LogP contribution in [0.5, 0.6) is 0 Å². The van der Waals surface area contributed by atoms with Gasteiger partial charge in [-0.15, -0.1) is 0 Å². The molecule has 1 saturated heterocycles. The fourth-order valence-electron chi connectivity index (χ4n) is 1.17. The monoisotopic (exact) mass is 173 g/mol. The average molecular weight is 173 g/mol. The molecule has 1 aliphatic heterocycles. The lowest BCUT2D eigenvalue weighted by atomic mass is 10.4. The molecule has 1 N–H and O–H groups in total. The Morgan fingerprint density at radius 2 is 2.17 bits per heavy atom. The largest absolute Gasteiger partial charge is 0.420 e. The van der Waals surface area contributed by atoms with Crippen LogP contribution in [0.1, 0.15) is 26.2 Å². The van der Waals surface area contributed by atoms with Crippen LogP contribution in [-0.2, 0) is 4.74 Å². The molecule has 70 valence electrons. The van der Waals surface area contributed by atoms with Crippen LogP contribution >= 0.6 is 0 Å². The average Bonchev–Trinajstić information content (AvgIpc) is 2.56. The highest BCUT2D eigenvalue weighted by Gasteiger charge is 2.20. The molecule has 0 aromatic rings. The van der Waals surface area contributed by atoms with Crippen molar-refractivity contribution in [1.82, 2.24) is 4.90 Å². The van der Waals surface area contributed by atoms with E-state index in [1.807, 2.05) is 0 Å². The summed E-state index contributed by atoms with van der Waals surface area (Å²) in [6.07, 6.45) is 1.19. The van der Waals surface area contributed by atoms with Crippen molar-refractivity contribution in [3.63, 3.8) is 0 Å². The van der Waals surface area contributed by atoms with Gasteiger partial charge in [0.25, 0.3) is 0 Å². The lowest BCUT2D eigenvalue weighted by Gasteiger charge is -2.17. The Morgan fingerprint density at radius 1 is 1.58 bits per heavy atom. The molecule has 0 unspecified atom stereocenters. The van der Waals surface area contributed by atoms with Crippen LogP contribution in [0.15, 0.2) is 0 Å². The lowest BCUT2D eigenvalue weighted by Crippen LogP contribution is -2.31. The molecule has 0 saturated carbocycles. The minimum atomic E-state index is -0.946. The molecule has 0 aliphatic carbocycles. The van der Waals surface area contributed by atoms with Gasteiger partial charge < -0.3 is 14.7 Å². The highest BCUT2D eigenvalue weighted by Crippen LogP contribution is 2.09. The molecule has 0 aromatic carbocycles. The van der Waals surface area contributed by atoms with E-state index in [2.05, 4.69) is 0 Å². The number of aliphatic hydroxyl groups excluding tert-OH is 1. The molecular formula is C8H15NO3. The van der Waals surface area contributed by atoms with Gasteiger partial charge in [0.05, 0.1) is 0 Å². The van der Waals surface area contributed by atoms with Crippen molar-refractivity contribution in [2.24, 2.45) is 0 Å². The number of carbonyl (C=O) groups is 1. The molecule has 0 spiro atoms. The van der Waals surface area contributed by atoms with Crippen molar-refractivity contribution in [3.05, 3.63) is 0 Å². The van der Waals surface area contributed by atoms with Crippen molar-refractivity contribution in [2.75, 3.05) is 13.1 Å². The summed E-state index contributed by atoms with van der Waals surface area (Å²) in [5.41, 5.74) is 0. The summed E-state index contributed by atoms with van der Waals surface area (Å²) in [4.78, 5) is 12.8. The molecule has 0 bridgehead atoms. The summed E-state index contributed by atoms with van der Waals surface area (Å²) < 4.78 is 4.73. The summed E-state index contributed by atoms with van der Waals surface area (Å²) in [6, 6.07) is 0. The van der Waals surface area contributed by atoms with Gasteiger partial charge in [-0.1, -0.05) is 6.92 Å². The van der Waals surface area contributed by atoms with E-state index < -0.39 is 6.29 Å². The summed E-state index contributed by atoms with van der Waals surface area (Å²) >= 11 is 0. The topological polar surface area (TPSA) is 49.8 Å². The first-order valence-electron chi connectivity index (χ1n) is 4.37. The van der Waals surface area contributed by atoms with Crippen LogP contribution in [-0.4, -0.2) is 35.5 Å². The Kier molecular flexibility index (Phi) is 3.34. The number of rotatable bonds is 2.